The number of aliphatic hydroxyl groups excluding tert-OH is 1. The van der Waals surface area contributed by atoms with Crippen molar-refractivity contribution in [1.29, 1.82) is 0 Å². The summed E-state index contributed by atoms with van der Waals surface area (Å²) in [5.41, 5.74) is -0.669. The molecule has 2 unspecified atom stereocenters. The summed E-state index contributed by atoms with van der Waals surface area (Å²) in [7, 11) is -4.70. The molecule has 28 heavy (non-hydrogen) atoms. The normalized spacial score (nSPS) is 14.1. The monoisotopic (exact) mass is 420 g/mol. The van der Waals surface area contributed by atoms with Crippen LogP contribution in [0.5, 0.6) is 0 Å². The number of alkyl halides is 1. The highest BCUT2D eigenvalue weighted by Crippen LogP contribution is 2.21. The van der Waals surface area contributed by atoms with Crippen molar-refractivity contribution in [3.05, 3.63) is 29.3 Å². The van der Waals surface area contributed by atoms with E-state index < -0.39 is 40.9 Å². The number of anilines is 1. The Morgan fingerprint density at radius 2 is 1.93 bits per heavy atom. The second kappa shape index (κ2) is 11.4. The van der Waals surface area contributed by atoms with E-state index in [9.17, 15) is 22.7 Å². The maximum Gasteiger partial charge on any atom is 0.272 e. The maximum absolute atomic E-state index is 13.4. The lowest BCUT2D eigenvalue weighted by Crippen LogP contribution is -2.46. The van der Waals surface area contributed by atoms with Crippen molar-refractivity contribution in [2.45, 2.75) is 52.1 Å². The standard InChI is InChI=1S/C18H29FN2O6S/c1-5-6-10-26-12-27-21(11-15(4)19)28(24,25)18(23)17(22)20-16-13(2)8-7-9-14(16)3/h7-9,15,18,23H,5-6,10-12H2,1-4H3,(H,20,22). The van der Waals surface area contributed by atoms with Gasteiger partial charge in [-0.25, -0.2) is 12.8 Å². The number of para-hydroxylation sites is 1. The Balaban J connectivity index is 2.89. The van der Waals surface area contributed by atoms with E-state index in [0.29, 0.717) is 23.4 Å². The molecule has 0 bridgehead atoms. The maximum atomic E-state index is 13.4. The zero-order valence-electron chi connectivity index (χ0n) is 16.6. The van der Waals surface area contributed by atoms with Gasteiger partial charge in [-0.1, -0.05) is 36.0 Å². The van der Waals surface area contributed by atoms with E-state index in [1.807, 2.05) is 6.92 Å². The van der Waals surface area contributed by atoms with Gasteiger partial charge in [-0.15, -0.1) is 0 Å². The molecular formula is C18H29FN2O6S. The molecule has 0 saturated carbocycles. The molecule has 0 aromatic heterocycles. The molecule has 0 spiro atoms. The number of hydrogen-bond donors (Lipinski definition) is 2. The van der Waals surface area contributed by atoms with Crippen LogP contribution in [0.15, 0.2) is 18.2 Å². The van der Waals surface area contributed by atoms with Crippen LogP contribution in [0.25, 0.3) is 0 Å². The molecule has 2 N–H and O–H groups in total. The molecule has 0 aliphatic heterocycles. The highest BCUT2D eigenvalue weighted by atomic mass is 32.2. The Kier molecular flexibility index (Phi) is 9.97. The third-order valence-electron chi connectivity index (χ3n) is 3.84. The Hall–Kier alpha value is -1.59. The van der Waals surface area contributed by atoms with Crippen molar-refractivity contribution in [3.63, 3.8) is 0 Å². The number of hydrogen-bond acceptors (Lipinski definition) is 6. The summed E-state index contributed by atoms with van der Waals surface area (Å²) in [5, 5.41) is 12.5. The number of hydroxylamine groups is 1. The Morgan fingerprint density at radius 3 is 2.46 bits per heavy atom. The molecule has 0 fully saturated rings. The Labute approximate surface area is 165 Å². The number of rotatable bonds is 12. The van der Waals surface area contributed by atoms with Gasteiger partial charge in [-0.05, 0) is 38.3 Å². The van der Waals surface area contributed by atoms with Crippen LogP contribution in [-0.2, 0) is 24.4 Å². The number of nitrogens with one attached hydrogen (secondary N) is 1. The van der Waals surface area contributed by atoms with Gasteiger partial charge in [0.25, 0.3) is 21.4 Å². The fourth-order valence-electron chi connectivity index (χ4n) is 2.28. The summed E-state index contributed by atoms with van der Waals surface area (Å²) in [6.07, 6.45) is 0.0382. The average Bonchev–Trinajstić information content (AvgIpc) is 2.62. The third-order valence-corrected chi connectivity index (χ3v) is 5.44. The number of unbranched alkanes of at least 4 members (excludes halogenated alkanes) is 1. The molecule has 0 saturated heterocycles. The van der Waals surface area contributed by atoms with Crippen LogP contribution in [0.1, 0.15) is 37.8 Å². The van der Waals surface area contributed by atoms with E-state index >= 15 is 0 Å². The molecule has 2 atom stereocenters. The van der Waals surface area contributed by atoms with E-state index in [1.54, 1.807) is 32.0 Å². The third kappa shape index (κ3) is 7.10. The lowest BCUT2D eigenvalue weighted by Gasteiger charge is -2.24. The number of ether oxygens (including phenoxy) is 1. The van der Waals surface area contributed by atoms with Crippen LogP contribution in [0.3, 0.4) is 0 Å². The van der Waals surface area contributed by atoms with Gasteiger partial charge in [0.1, 0.15) is 6.17 Å². The predicted octanol–water partition coefficient (Wildman–Crippen LogP) is 2.26. The number of benzene rings is 1. The zero-order chi connectivity index (χ0) is 21.3. The topological polar surface area (TPSA) is 105 Å². The number of aryl methyl sites for hydroxylation is 2. The molecule has 0 aliphatic rings. The number of sulfonamides is 1. The molecular weight excluding hydrogens is 391 g/mol. The van der Waals surface area contributed by atoms with Gasteiger partial charge in [0.15, 0.2) is 6.79 Å². The summed E-state index contributed by atoms with van der Waals surface area (Å²) in [6.45, 7) is 5.76. The number of nitrogens with zero attached hydrogens (tertiary/aromatic N) is 1. The minimum absolute atomic E-state index is 0.262. The molecule has 0 aliphatic carbocycles. The van der Waals surface area contributed by atoms with Crippen molar-refractivity contribution >= 4 is 21.6 Å². The van der Waals surface area contributed by atoms with E-state index in [1.165, 1.54) is 0 Å². The molecule has 8 nitrogen and oxygen atoms in total. The summed E-state index contributed by atoms with van der Waals surface area (Å²) < 4.78 is 43.9. The van der Waals surface area contributed by atoms with Gasteiger partial charge >= 0.3 is 0 Å². The number of halogens is 1. The average molecular weight is 421 g/mol. The molecule has 0 radical (unpaired) electrons. The minimum Gasteiger partial charge on any atom is -0.368 e. The fourth-order valence-corrected chi connectivity index (χ4v) is 3.44. The molecule has 160 valence electrons. The van der Waals surface area contributed by atoms with Crippen molar-refractivity contribution in [1.82, 2.24) is 4.47 Å². The van der Waals surface area contributed by atoms with E-state index in [2.05, 4.69) is 5.32 Å². The van der Waals surface area contributed by atoms with Crippen LogP contribution in [0.4, 0.5) is 10.1 Å². The quantitative estimate of drug-likeness (QED) is 0.305. The first-order valence-corrected chi connectivity index (χ1v) is 10.5. The van der Waals surface area contributed by atoms with E-state index in [-0.39, 0.29) is 4.47 Å². The van der Waals surface area contributed by atoms with Crippen LogP contribution >= 0.6 is 0 Å². The SMILES string of the molecule is CCCCOCON(CC(C)F)S(=O)(=O)C(O)C(=O)Nc1c(C)cccc1C. The van der Waals surface area contributed by atoms with Crippen molar-refractivity contribution in [2.24, 2.45) is 0 Å². The summed E-state index contributed by atoms with van der Waals surface area (Å²) in [4.78, 5) is 17.3. The number of amides is 1. The predicted molar refractivity (Wildman–Crippen MR) is 104 cm³/mol. The molecule has 1 amide bonds. The zero-order valence-corrected chi connectivity index (χ0v) is 17.5. The summed E-state index contributed by atoms with van der Waals surface area (Å²) >= 11 is 0. The molecule has 0 heterocycles. The second-order valence-corrected chi connectivity index (χ2v) is 8.31. The second-order valence-electron chi connectivity index (χ2n) is 6.43. The lowest BCUT2D eigenvalue weighted by molar-refractivity contribution is -0.180. The highest BCUT2D eigenvalue weighted by Gasteiger charge is 2.38. The number of aliphatic hydroxyl groups is 1. The molecule has 1 aromatic carbocycles. The van der Waals surface area contributed by atoms with Gasteiger partial charge < -0.3 is 15.2 Å². The van der Waals surface area contributed by atoms with Crippen LogP contribution in [0.2, 0.25) is 0 Å². The van der Waals surface area contributed by atoms with Gasteiger partial charge in [0, 0.05) is 12.3 Å². The number of carbonyl (C=O) groups is 1. The Bertz CT molecular complexity index is 721. The van der Waals surface area contributed by atoms with Gasteiger partial charge in [-0.3, -0.25) is 9.63 Å². The molecule has 1 aromatic rings. The fraction of sp³-hybridized carbons (Fsp3) is 0.611. The van der Waals surface area contributed by atoms with Crippen LogP contribution in [0, 0.1) is 13.8 Å². The first kappa shape index (κ1) is 24.4. The largest absolute Gasteiger partial charge is 0.368 e. The van der Waals surface area contributed by atoms with Crippen molar-refractivity contribution in [2.75, 3.05) is 25.3 Å². The van der Waals surface area contributed by atoms with Gasteiger partial charge in [-0.2, -0.15) is 0 Å². The summed E-state index contributed by atoms with van der Waals surface area (Å²) in [5.74, 6) is -1.16. The van der Waals surface area contributed by atoms with Crippen molar-refractivity contribution < 1.29 is 32.3 Å². The molecule has 1 rings (SSSR count). The first-order valence-electron chi connectivity index (χ1n) is 9.02. The minimum atomic E-state index is -4.70. The lowest BCUT2D eigenvalue weighted by atomic mass is 10.1. The van der Waals surface area contributed by atoms with Gasteiger partial charge in [0.05, 0.1) is 6.54 Å². The smallest absolute Gasteiger partial charge is 0.272 e. The van der Waals surface area contributed by atoms with E-state index in [0.717, 1.165) is 19.8 Å². The van der Waals surface area contributed by atoms with Crippen LogP contribution < -0.4 is 5.32 Å². The Morgan fingerprint density at radius 1 is 1.32 bits per heavy atom. The van der Waals surface area contributed by atoms with E-state index in [4.69, 9.17) is 9.57 Å². The molecule has 10 heteroatoms. The van der Waals surface area contributed by atoms with Gasteiger partial charge in [0.2, 0.25) is 0 Å². The van der Waals surface area contributed by atoms with Crippen LogP contribution in [-0.4, -0.2) is 55.5 Å². The first-order chi connectivity index (χ1) is 13.1. The van der Waals surface area contributed by atoms with Crippen molar-refractivity contribution in [3.8, 4) is 0 Å². The number of carbonyl (C=O) groups excluding carboxylic acids is 1. The summed E-state index contributed by atoms with van der Waals surface area (Å²) in [6, 6.07) is 5.25. The highest BCUT2D eigenvalue weighted by molar-refractivity contribution is 7.90.